The van der Waals surface area contributed by atoms with Crippen LogP contribution in [-0.2, 0) is 14.8 Å². The van der Waals surface area contributed by atoms with Crippen molar-refractivity contribution in [3.8, 4) is 0 Å². The Bertz CT molecular complexity index is 1150. The minimum absolute atomic E-state index is 0.0524. The summed E-state index contributed by atoms with van der Waals surface area (Å²) in [5.74, 6) is -0.153. The first kappa shape index (κ1) is 23.1. The van der Waals surface area contributed by atoms with Crippen LogP contribution in [0.2, 0.25) is 0 Å². The van der Waals surface area contributed by atoms with Crippen LogP contribution >= 0.6 is 0 Å². The van der Waals surface area contributed by atoms with Gasteiger partial charge in [0.05, 0.1) is 18.1 Å². The van der Waals surface area contributed by atoms with Crippen molar-refractivity contribution in [1.29, 1.82) is 0 Å². The highest BCUT2D eigenvalue weighted by Gasteiger charge is 2.35. The number of sulfonamides is 1. The molecule has 2 aromatic rings. The molecule has 1 aromatic heterocycles. The van der Waals surface area contributed by atoms with Crippen molar-refractivity contribution in [2.45, 2.75) is 18.7 Å². The maximum absolute atomic E-state index is 13.0. The molecule has 0 spiro atoms. The van der Waals surface area contributed by atoms with E-state index in [1.165, 1.54) is 15.3 Å². The largest absolute Gasteiger partial charge is 0.378 e. The lowest BCUT2D eigenvalue weighted by Crippen LogP contribution is -2.50. The molecule has 0 saturated carbocycles. The van der Waals surface area contributed by atoms with Crippen LogP contribution < -0.4 is 4.90 Å². The summed E-state index contributed by atoms with van der Waals surface area (Å²) in [7, 11) is -3.80. The molecular weight excluding hydrogens is 454 g/mol. The first-order valence-electron chi connectivity index (χ1n) is 10.5. The summed E-state index contributed by atoms with van der Waals surface area (Å²) in [6.07, 6.45) is 0. The molecule has 0 radical (unpaired) electrons. The number of nitrogens with zero attached hydrogens (tertiary/aromatic N) is 5. The second-order valence-corrected chi connectivity index (χ2v) is 9.78. The number of carbonyl (C=O) groups excluding carboxylic acids is 1. The van der Waals surface area contributed by atoms with E-state index in [1.54, 1.807) is 26.0 Å². The van der Waals surface area contributed by atoms with Gasteiger partial charge >= 0.3 is 0 Å². The van der Waals surface area contributed by atoms with E-state index in [4.69, 9.17) is 9.26 Å². The lowest BCUT2D eigenvalue weighted by molar-refractivity contribution is -0.384. The number of aromatic nitrogens is 1. The number of piperazine rings is 1. The molecule has 3 heterocycles. The Kier molecular flexibility index (Phi) is 6.36. The highest BCUT2D eigenvalue weighted by atomic mass is 32.2. The Labute approximate surface area is 190 Å². The number of nitro groups is 1. The van der Waals surface area contributed by atoms with Gasteiger partial charge in [0.1, 0.15) is 16.3 Å². The van der Waals surface area contributed by atoms with Crippen LogP contribution in [0.25, 0.3) is 0 Å². The number of ether oxygens (including phenoxy) is 1. The van der Waals surface area contributed by atoms with Gasteiger partial charge in [-0.2, -0.15) is 4.31 Å². The van der Waals surface area contributed by atoms with E-state index in [1.807, 2.05) is 4.90 Å². The van der Waals surface area contributed by atoms with Gasteiger partial charge in [0.2, 0.25) is 10.0 Å². The molecule has 13 heteroatoms. The van der Waals surface area contributed by atoms with Crippen LogP contribution in [0.3, 0.4) is 0 Å². The van der Waals surface area contributed by atoms with E-state index >= 15 is 0 Å². The number of hydrogen-bond acceptors (Lipinski definition) is 9. The molecule has 0 bridgehead atoms. The highest BCUT2D eigenvalue weighted by molar-refractivity contribution is 7.89. The Morgan fingerprint density at radius 1 is 1.09 bits per heavy atom. The van der Waals surface area contributed by atoms with Crippen molar-refractivity contribution >= 4 is 27.3 Å². The average Bonchev–Trinajstić information content (AvgIpc) is 3.17. The lowest BCUT2D eigenvalue weighted by Gasteiger charge is -2.34. The zero-order valence-electron chi connectivity index (χ0n) is 18.4. The molecule has 178 valence electrons. The number of rotatable bonds is 5. The van der Waals surface area contributed by atoms with E-state index in [2.05, 4.69) is 5.16 Å². The van der Waals surface area contributed by atoms with Gasteiger partial charge in [-0.3, -0.25) is 14.9 Å². The van der Waals surface area contributed by atoms with E-state index in [0.29, 0.717) is 37.7 Å². The third-order valence-corrected chi connectivity index (χ3v) is 8.01. The minimum Gasteiger partial charge on any atom is -0.378 e. The van der Waals surface area contributed by atoms with Crippen LogP contribution in [0.1, 0.15) is 21.8 Å². The first-order chi connectivity index (χ1) is 15.7. The number of nitro benzene ring substituents is 1. The summed E-state index contributed by atoms with van der Waals surface area (Å²) < 4.78 is 37.5. The van der Waals surface area contributed by atoms with Gasteiger partial charge in [0.25, 0.3) is 11.6 Å². The van der Waals surface area contributed by atoms with Gasteiger partial charge in [-0.25, -0.2) is 8.42 Å². The molecule has 4 rings (SSSR count). The Morgan fingerprint density at radius 3 is 2.33 bits per heavy atom. The predicted octanol–water partition coefficient (Wildman–Crippen LogP) is 1.18. The van der Waals surface area contributed by atoms with Crippen molar-refractivity contribution < 1.29 is 27.4 Å². The zero-order valence-corrected chi connectivity index (χ0v) is 19.2. The van der Waals surface area contributed by atoms with Crippen molar-refractivity contribution in [1.82, 2.24) is 14.4 Å². The Balaban J connectivity index is 1.48. The molecule has 0 N–H and O–H groups in total. The molecule has 12 nitrogen and oxygen atoms in total. The normalized spacial score (nSPS) is 17.9. The molecule has 0 aliphatic carbocycles. The highest BCUT2D eigenvalue weighted by Crippen LogP contribution is 2.31. The van der Waals surface area contributed by atoms with E-state index < -0.39 is 14.9 Å². The van der Waals surface area contributed by atoms with Crippen molar-refractivity contribution in [2.24, 2.45) is 0 Å². The maximum Gasteiger partial charge on any atom is 0.293 e. The summed E-state index contributed by atoms with van der Waals surface area (Å²) >= 11 is 0. The van der Waals surface area contributed by atoms with Crippen molar-refractivity contribution in [3.05, 3.63) is 45.3 Å². The molecular formula is C20H25N5O7S. The quantitative estimate of drug-likeness (QED) is 0.457. The summed E-state index contributed by atoms with van der Waals surface area (Å²) in [5, 5.41) is 15.4. The topological polar surface area (TPSA) is 139 Å². The first-order valence-corrected chi connectivity index (χ1v) is 12.0. The van der Waals surface area contributed by atoms with Crippen LogP contribution in [0, 0.1) is 24.0 Å². The predicted molar refractivity (Wildman–Crippen MR) is 117 cm³/mol. The second kappa shape index (κ2) is 9.08. The van der Waals surface area contributed by atoms with Crippen molar-refractivity contribution in [3.63, 3.8) is 0 Å². The number of amides is 1. The molecule has 33 heavy (non-hydrogen) atoms. The zero-order chi connectivity index (χ0) is 23.8. The average molecular weight is 480 g/mol. The van der Waals surface area contributed by atoms with Gasteiger partial charge < -0.3 is 19.1 Å². The molecule has 1 amide bonds. The summed E-state index contributed by atoms with van der Waals surface area (Å²) in [6.45, 7) is 5.69. The van der Waals surface area contributed by atoms with E-state index in [0.717, 1.165) is 0 Å². The monoisotopic (exact) mass is 479 g/mol. The van der Waals surface area contributed by atoms with Gasteiger partial charge in [0, 0.05) is 50.9 Å². The number of anilines is 1. The fraction of sp³-hybridized carbons (Fsp3) is 0.500. The number of morpholine rings is 1. The second-order valence-electron chi connectivity index (χ2n) is 7.91. The molecule has 2 saturated heterocycles. The Morgan fingerprint density at radius 2 is 1.76 bits per heavy atom. The number of carbonyl (C=O) groups is 1. The fourth-order valence-electron chi connectivity index (χ4n) is 4.16. The molecule has 2 aliphatic heterocycles. The molecule has 2 aliphatic rings. The lowest BCUT2D eigenvalue weighted by atomic mass is 10.1. The SMILES string of the molecule is Cc1noc(C)c1S(=O)(=O)N1CCN(C(=O)c2ccc(N3CCOCC3)c([N+](=O)[O-])c2)CC1. The molecule has 0 unspecified atom stereocenters. The molecule has 1 aromatic carbocycles. The Hall–Kier alpha value is -3.03. The molecule has 0 atom stereocenters. The fourth-order valence-corrected chi connectivity index (χ4v) is 5.87. The minimum atomic E-state index is -3.80. The third kappa shape index (κ3) is 4.43. The van der Waals surface area contributed by atoms with Gasteiger partial charge in [-0.05, 0) is 26.0 Å². The van der Waals surface area contributed by atoms with Crippen LogP contribution in [0.4, 0.5) is 11.4 Å². The third-order valence-electron chi connectivity index (χ3n) is 5.86. The summed E-state index contributed by atoms with van der Waals surface area (Å²) in [6, 6.07) is 4.46. The maximum atomic E-state index is 13.0. The van der Waals surface area contributed by atoms with Crippen LogP contribution in [0.15, 0.2) is 27.6 Å². The van der Waals surface area contributed by atoms with Crippen LogP contribution in [-0.4, -0.2) is 86.1 Å². The van der Waals surface area contributed by atoms with Crippen LogP contribution in [0.5, 0.6) is 0 Å². The smallest absolute Gasteiger partial charge is 0.293 e. The van der Waals surface area contributed by atoms with E-state index in [-0.39, 0.29) is 54.0 Å². The van der Waals surface area contributed by atoms with Crippen molar-refractivity contribution in [2.75, 3.05) is 57.4 Å². The number of hydrogen-bond donors (Lipinski definition) is 0. The van der Waals surface area contributed by atoms with Gasteiger partial charge in [-0.1, -0.05) is 5.16 Å². The van der Waals surface area contributed by atoms with Gasteiger partial charge in [0.15, 0.2) is 5.76 Å². The van der Waals surface area contributed by atoms with E-state index in [9.17, 15) is 23.3 Å². The van der Waals surface area contributed by atoms with Gasteiger partial charge in [-0.15, -0.1) is 0 Å². The summed E-state index contributed by atoms with van der Waals surface area (Å²) in [5.41, 5.74) is 0.803. The summed E-state index contributed by atoms with van der Waals surface area (Å²) in [4.78, 5) is 27.6. The number of benzene rings is 1. The standard InChI is InChI=1S/C20H25N5O7S/c1-14-19(15(2)32-21-14)33(29,30)24-7-5-23(6-8-24)20(26)16-3-4-17(18(13-16)25(27)28)22-9-11-31-12-10-22/h3-4,13H,5-12H2,1-2H3. The number of aryl methyl sites for hydroxylation is 2. The molecule has 2 fully saturated rings.